The average Bonchev–Trinajstić information content (AvgIpc) is 3.33. The van der Waals surface area contributed by atoms with E-state index in [1.807, 2.05) is 6.92 Å². The molecule has 1 saturated heterocycles. The van der Waals surface area contributed by atoms with Gasteiger partial charge in [0.15, 0.2) is 0 Å². The molecule has 1 N–H and O–H groups in total. The summed E-state index contributed by atoms with van der Waals surface area (Å²) in [4.78, 5) is 38.8. The maximum Gasteiger partial charge on any atom is 0.309 e. The second kappa shape index (κ2) is 21.3. The van der Waals surface area contributed by atoms with Crippen molar-refractivity contribution in [3.05, 3.63) is 0 Å². The number of hydrogen-bond donors (Lipinski definition) is 1. The first-order chi connectivity index (χ1) is 18.3. The second-order valence-corrected chi connectivity index (χ2v) is 11.8. The van der Waals surface area contributed by atoms with E-state index in [-0.39, 0.29) is 18.4 Å². The van der Waals surface area contributed by atoms with Crippen LogP contribution >= 0.6 is 0 Å². The Labute approximate surface area is 233 Å². The highest BCUT2D eigenvalue weighted by atomic mass is 16.5. The van der Waals surface area contributed by atoms with Gasteiger partial charge in [-0.05, 0) is 38.5 Å². The van der Waals surface area contributed by atoms with Gasteiger partial charge in [-0.2, -0.15) is 0 Å². The number of esters is 1. The second-order valence-electron chi connectivity index (χ2n) is 11.8. The van der Waals surface area contributed by atoms with Gasteiger partial charge >= 0.3 is 11.9 Å². The van der Waals surface area contributed by atoms with Crippen LogP contribution in [0, 0.1) is 17.8 Å². The van der Waals surface area contributed by atoms with Crippen LogP contribution in [0.4, 0.5) is 0 Å². The summed E-state index contributed by atoms with van der Waals surface area (Å²) in [5, 5.41) is 9.86. The number of ether oxygens (including phenoxy) is 1. The van der Waals surface area contributed by atoms with Crippen LogP contribution in [-0.4, -0.2) is 47.0 Å². The van der Waals surface area contributed by atoms with Crippen molar-refractivity contribution in [2.45, 2.75) is 156 Å². The minimum absolute atomic E-state index is 0.0790. The number of likely N-dealkylation sites (tertiary alicyclic amines) is 1. The maximum atomic E-state index is 12.9. The molecule has 38 heavy (non-hydrogen) atoms. The molecule has 1 rings (SSSR count). The Balaban J connectivity index is 2.54. The molecule has 4 atom stereocenters. The van der Waals surface area contributed by atoms with Crippen LogP contribution in [0.5, 0.6) is 0 Å². The van der Waals surface area contributed by atoms with Gasteiger partial charge in [0.1, 0.15) is 0 Å². The summed E-state index contributed by atoms with van der Waals surface area (Å²) < 4.78 is 5.76. The third-order valence-electron chi connectivity index (χ3n) is 8.42. The molecule has 0 aliphatic carbocycles. The number of carbonyl (C=O) groups excluding carboxylic acids is 2. The van der Waals surface area contributed by atoms with Crippen LogP contribution in [0.1, 0.15) is 150 Å². The van der Waals surface area contributed by atoms with Gasteiger partial charge < -0.3 is 14.7 Å². The molecule has 1 aliphatic rings. The van der Waals surface area contributed by atoms with Crippen LogP contribution in [0.15, 0.2) is 0 Å². The van der Waals surface area contributed by atoms with Crippen molar-refractivity contribution in [2.75, 3.05) is 13.2 Å². The molecule has 0 bridgehead atoms. The van der Waals surface area contributed by atoms with Crippen LogP contribution in [0.2, 0.25) is 0 Å². The van der Waals surface area contributed by atoms with Crippen molar-refractivity contribution in [2.24, 2.45) is 17.8 Å². The molecule has 1 fully saturated rings. The number of rotatable bonds is 24. The molecule has 0 aromatic carbocycles. The lowest BCUT2D eigenvalue weighted by Crippen LogP contribution is -2.39. The lowest BCUT2D eigenvalue weighted by Gasteiger charge is -2.29. The van der Waals surface area contributed by atoms with E-state index in [1.165, 1.54) is 83.5 Å². The van der Waals surface area contributed by atoms with Gasteiger partial charge in [-0.3, -0.25) is 14.4 Å². The molecule has 1 amide bonds. The Morgan fingerprint density at radius 3 is 1.79 bits per heavy atom. The number of aliphatic carboxylic acids is 1. The number of carbonyl (C=O) groups is 3. The zero-order valence-corrected chi connectivity index (χ0v) is 25.2. The van der Waals surface area contributed by atoms with Crippen LogP contribution in [0.3, 0.4) is 0 Å². The Hall–Kier alpha value is -1.59. The third-order valence-corrected chi connectivity index (χ3v) is 8.42. The molecule has 222 valence electrons. The van der Waals surface area contributed by atoms with Gasteiger partial charge in [0, 0.05) is 19.0 Å². The fourth-order valence-electron chi connectivity index (χ4n) is 5.74. The van der Waals surface area contributed by atoms with Crippen LogP contribution in [-0.2, 0) is 19.1 Å². The molecule has 0 aromatic heterocycles. The number of carboxylic acid groups (broad SMARTS) is 1. The Kier molecular flexibility index (Phi) is 19.3. The molecular weight excluding hydrogens is 478 g/mol. The Morgan fingerprint density at radius 2 is 1.34 bits per heavy atom. The van der Waals surface area contributed by atoms with Crippen LogP contribution in [0.25, 0.3) is 0 Å². The molecule has 0 spiro atoms. The summed E-state index contributed by atoms with van der Waals surface area (Å²) in [6.45, 7) is 9.09. The predicted octanol–water partition coefficient (Wildman–Crippen LogP) is 8.17. The molecule has 1 aliphatic heterocycles. The average molecular weight is 538 g/mol. The predicted molar refractivity (Wildman–Crippen MR) is 155 cm³/mol. The third kappa shape index (κ3) is 14.5. The molecule has 0 aromatic rings. The normalized spacial score (nSPS) is 16.8. The van der Waals surface area contributed by atoms with E-state index >= 15 is 0 Å². The fraction of sp³-hybridized carbons (Fsp3) is 0.906. The van der Waals surface area contributed by atoms with Crippen molar-refractivity contribution < 1.29 is 24.2 Å². The first-order valence-electron chi connectivity index (χ1n) is 16.0. The molecule has 4 unspecified atom stereocenters. The largest absolute Gasteiger partial charge is 0.481 e. The van der Waals surface area contributed by atoms with E-state index in [4.69, 9.17) is 4.74 Å². The minimum atomic E-state index is -0.990. The van der Waals surface area contributed by atoms with Gasteiger partial charge in [0.25, 0.3) is 0 Å². The molecule has 6 nitrogen and oxygen atoms in total. The summed E-state index contributed by atoms with van der Waals surface area (Å²) in [5.41, 5.74) is 0. The van der Waals surface area contributed by atoms with E-state index in [0.717, 1.165) is 25.7 Å². The van der Waals surface area contributed by atoms with Crippen molar-refractivity contribution in [1.82, 2.24) is 4.90 Å². The first kappa shape index (κ1) is 34.4. The van der Waals surface area contributed by atoms with Crippen molar-refractivity contribution in [1.29, 1.82) is 0 Å². The number of nitrogens with zero attached hydrogens (tertiary/aromatic N) is 1. The van der Waals surface area contributed by atoms with E-state index in [2.05, 4.69) is 13.8 Å². The standard InChI is InChI=1S/C32H59NO5/c1-5-7-9-11-13-14-16-18-21-28(20-17-15-12-10-8-6-2)25-38-32(37)27(4)29(31(35)36)24-26(3)33-23-19-22-30(33)34/h26-29H,5-25H2,1-4H3,(H,35,36). The zero-order valence-electron chi connectivity index (χ0n) is 25.2. The van der Waals surface area contributed by atoms with Gasteiger partial charge in [0.05, 0.1) is 18.4 Å². The SMILES string of the molecule is CCCCCCCCCCC(CCCCCCCC)COC(=O)C(C)C(CC(C)N1CCCC1=O)C(=O)O. The van der Waals surface area contributed by atoms with Gasteiger partial charge in [0.2, 0.25) is 5.91 Å². The van der Waals surface area contributed by atoms with E-state index < -0.39 is 23.8 Å². The quantitative estimate of drug-likeness (QED) is 0.0991. The van der Waals surface area contributed by atoms with Crippen molar-refractivity contribution in [3.63, 3.8) is 0 Å². The Morgan fingerprint density at radius 1 is 0.842 bits per heavy atom. The first-order valence-corrected chi connectivity index (χ1v) is 16.0. The van der Waals surface area contributed by atoms with Gasteiger partial charge in [-0.25, -0.2) is 0 Å². The van der Waals surface area contributed by atoms with Gasteiger partial charge in [-0.1, -0.05) is 111 Å². The zero-order chi connectivity index (χ0) is 28.2. The number of carboxylic acids is 1. The highest BCUT2D eigenvalue weighted by Gasteiger charge is 2.35. The molecule has 0 radical (unpaired) electrons. The maximum absolute atomic E-state index is 12.9. The van der Waals surface area contributed by atoms with Crippen molar-refractivity contribution >= 4 is 17.8 Å². The van der Waals surface area contributed by atoms with E-state index in [9.17, 15) is 19.5 Å². The van der Waals surface area contributed by atoms with Crippen LogP contribution < -0.4 is 0 Å². The molecule has 6 heteroatoms. The number of amides is 1. The summed E-state index contributed by atoms with van der Waals surface area (Å²) in [6, 6.07) is -0.191. The fourth-order valence-corrected chi connectivity index (χ4v) is 5.74. The highest BCUT2D eigenvalue weighted by molar-refractivity contribution is 5.81. The molecule has 0 saturated carbocycles. The smallest absolute Gasteiger partial charge is 0.309 e. The Bertz CT molecular complexity index is 652. The van der Waals surface area contributed by atoms with E-state index in [1.54, 1.807) is 11.8 Å². The monoisotopic (exact) mass is 537 g/mol. The summed E-state index contributed by atoms with van der Waals surface area (Å²) in [6.07, 6.45) is 21.6. The summed E-state index contributed by atoms with van der Waals surface area (Å²) in [5.74, 6) is -2.56. The lowest BCUT2D eigenvalue weighted by molar-refractivity contribution is -0.159. The number of unbranched alkanes of at least 4 members (excludes halogenated alkanes) is 12. The minimum Gasteiger partial charge on any atom is -0.481 e. The number of hydrogen-bond acceptors (Lipinski definition) is 4. The van der Waals surface area contributed by atoms with E-state index in [0.29, 0.717) is 25.5 Å². The molecule has 1 heterocycles. The van der Waals surface area contributed by atoms with Crippen molar-refractivity contribution in [3.8, 4) is 0 Å². The summed E-state index contributed by atoms with van der Waals surface area (Å²) in [7, 11) is 0. The molecular formula is C32H59NO5. The van der Waals surface area contributed by atoms with Gasteiger partial charge in [-0.15, -0.1) is 0 Å². The summed E-state index contributed by atoms with van der Waals surface area (Å²) >= 11 is 0. The topological polar surface area (TPSA) is 83.9 Å². The highest BCUT2D eigenvalue weighted by Crippen LogP contribution is 2.26. The lowest BCUT2D eigenvalue weighted by atomic mass is 9.88.